The first-order valence-corrected chi connectivity index (χ1v) is 10.5. The average Bonchev–Trinajstić information content (AvgIpc) is 3.26. The number of pyridine rings is 2. The predicted octanol–water partition coefficient (Wildman–Crippen LogP) is 3.68. The molecule has 0 saturated carbocycles. The molecule has 9 nitrogen and oxygen atoms in total. The van der Waals surface area contributed by atoms with E-state index in [4.69, 9.17) is 10.5 Å². The van der Waals surface area contributed by atoms with E-state index in [-0.39, 0.29) is 23.5 Å². The summed E-state index contributed by atoms with van der Waals surface area (Å²) in [6.45, 7) is 2.19. The first kappa shape index (κ1) is 22.5. The summed E-state index contributed by atoms with van der Waals surface area (Å²) in [5.41, 5.74) is 8.53. The van der Waals surface area contributed by atoms with E-state index >= 15 is 0 Å². The zero-order valence-corrected chi connectivity index (χ0v) is 18.8. The SMILES string of the molecule is Cc1c(Oc2cc(N)nc(NC(=O)c3ccn(C)c3)c2)cccc1C(=O)NCc1ccncc1. The van der Waals surface area contributed by atoms with Crippen molar-refractivity contribution in [2.75, 3.05) is 11.1 Å². The molecule has 4 aromatic rings. The fourth-order valence-electron chi connectivity index (χ4n) is 3.35. The number of nitrogen functional groups attached to an aromatic ring is 1. The van der Waals surface area contributed by atoms with Crippen molar-refractivity contribution >= 4 is 23.5 Å². The number of ether oxygens (including phenoxy) is 1. The van der Waals surface area contributed by atoms with Crippen molar-refractivity contribution in [1.29, 1.82) is 0 Å². The Morgan fingerprint density at radius 2 is 1.88 bits per heavy atom. The van der Waals surface area contributed by atoms with Gasteiger partial charge < -0.3 is 25.7 Å². The quantitative estimate of drug-likeness (QED) is 0.390. The third kappa shape index (κ3) is 5.39. The number of aryl methyl sites for hydroxylation is 1. The molecule has 34 heavy (non-hydrogen) atoms. The minimum absolute atomic E-state index is 0.185. The lowest BCUT2D eigenvalue weighted by molar-refractivity contribution is 0.0949. The van der Waals surface area contributed by atoms with Gasteiger partial charge in [-0.25, -0.2) is 4.98 Å². The molecule has 1 aromatic carbocycles. The maximum atomic E-state index is 12.7. The molecule has 172 valence electrons. The van der Waals surface area contributed by atoms with Gasteiger partial charge in [0.1, 0.15) is 23.1 Å². The highest BCUT2D eigenvalue weighted by molar-refractivity contribution is 6.03. The van der Waals surface area contributed by atoms with Gasteiger partial charge in [-0.1, -0.05) is 6.07 Å². The zero-order chi connectivity index (χ0) is 24.1. The largest absolute Gasteiger partial charge is 0.457 e. The molecule has 4 rings (SSSR count). The number of nitrogens with one attached hydrogen (secondary N) is 2. The highest BCUT2D eigenvalue weighted by Crippen LogP contribution is 2.29. The molecule has 2 amide bonds. The van der Waals surface area contributed by atoms with E-state index in [9.17, 15) is 9.59 Å². The van der Waals surface area contributed by atoms with Crippen LogP contribution in [0.25, 0.3) is 0 Å². The summed E-state index contributed by atoms with van der Waals surface area (Å²) in [6, 6.07) is 13.7. The van der Waals surface area contributed by atoms with Crippen LogP contribution in [0, 0.1) is 6.92 Å². The summed E-state index contributed by atoms with van der Waals surface area (Å²) in [5, 5.41) is 5.63. The Morgan fingerprint density at radius 1 is 1.09 bits per heavy atom. The first-order valence-electron chi connectivity index (χ1n) is 10.5. The second-order valence-corrected chi connectivity index (χ2v) is 7.70. The zero-order valence-electron chi connectivity index (χ0n) is 18.8. The minimum Gasteiger partial charge on any atom is -0.457 e. The Labute approximate surface area is 196 Å². The second kappa shape index (κ2) is 9.86. The van der Waals surface area contributed by atoms with E-state index in [1.807, 2.05) is 19.2 Å². The van der Waals surface area contributed by atoms with Crippen LogP contribution in [-0.2, 0) is 13.6 Å². The lowest BCUT2D eigenvalue weighted by Gasteiger charge is -2.14. The number of nitrogens with two attached hydrogens (primary N) is 1. The van der Waals surface area contributed by atoms with Crippen LogP contribution < -0.4 is 21.1 Å². The van der Waals surface area contributed by atoms with Crippen LogP contribution in [0.3, 0.4) is 0 Å². The van der Waals surface area contributed by atoms with Gasteiger partial charge in [0.15, 0.2) is 0 Å². The standard InChI is InChI=1S/C25H24N6O3/c1-16-20(25(33)28-14-17-6-9-27-10-7-17)4-3-5-21(16)34-19-12-22(26)29-23(13-19)30-24(32)18-8-11-31(2)15-18/h3-13,15H,14H2,1-2H3,(H,28,33)(H3,26,29,30,32). The molecule has 0 aliphatic carbocycles. The Kier molecular flexibility index (Phi) is 6.54. The van der Waals surface area contributed by atoms with Gasteiger partial charge in [-0.15, -0.1) is 0 Å². The molecule has 0 aliphatic heterocycles. The van der Waals surface area contributed by atoms with Gasteiger partial charge in [0, 0.05) is 61.6 Å². The maximum Gasteiger partial charge on any atom is 0.258 e. The van der Waals surface area contributed by atoms with Crippen LogP contribution in [0.15, 0.2) is 73.3 Å². The van der Waals surface area contributed by atoms with Crippen molar-refractivity contribution < 1.29 is 14.3 Å². The summed E-state index contributed by atoms with van der Waals surface area (Å²) in [7, 11) is 1.83. The van der Waals surface area contributed by atoms with Crippen molar-refractivity contribution in [2.45, 2.75) is 13.5 Å². The summed E-state index contributed by atoms with van der Waals surface area (Å²) < 4.78 is 7.79. The van der Waals surface area contributed by atoms with Crippen LogP contribution >= 0.6 is 0 Å². The first-order chi connectivity index (χ1) is 16.4. The van der Waals surface area contributed by atoms with Crippen LogP contribution in [0.4, 0.5) is 11.6 Å². The van der Waals surface area contributed by atoms with Gasteiger partial charge in [0.25, 0.3) is 11.8 Å². The van der Waals surface area contributed by atoms with Crippen molar-refractivity contribution in [3.8, 4) is 11.5 Å². The predicted molar refractivity (Wildman–Crippen MR) is 129 cm³/mol. The molecule has 0 bridgehead atoms. The van der Waals surface area contributed by atoms with Gasteiger partial charge in [-0.2, -0.15) is 0 Å². The molecular formula is C25H24N6O3. The number of hydrogen-bond acceptors (Lipinski definition) is 6. The summed E-state index contributed by atoms with van der Waals surface area (Å²) in [4.78, 5) is 33.3. The van der Waals surface area contributed by atoms with Crippen molar-refractivity contribution in [3.63, 3.8) is 0 Å². The number of carbonyl (C=O) groups excluding carboxylic acids is 2. The number of benzene rings is 1. The third-order valence-electron chi connectivity index (χ3n) is 5.11. The van der Waals surface area contributed by atoms with E-state index in [1.54, 1.807) is 72.7 Å². The molecular weight excluding hydrogens is 432 g/mol. The highest BCUT2D eigenvalue weighted by atomic mass is 16.5. The van der Waals surface area contributed by atoms with Gasteiger partial charge in [0.05, 0.1) is 5.56 Å². The lowest BCUT2D eigenvalue weighted by Crippen LogP contribution is -2.23. The monoisotopic (exact) mass is 456 g/mol. The molecule has 0 unspecified atom stereocenters. The van der Waals surface area contributed by atoms with Crippen LogP contribution in [0.5, 0.6) is 11.5 Å². The highest BCUT2D eigenvalue weighted by Gasteiger charge is 2.15. The summed E-state index contributed by atoms with van der Waals surface area (Å²) in [5.74, 6) is 0.784. The van der Waals surface area contributed by atoms with Crippen LogP contribution in [-0.4, -0.2) is 26.3 Å². The van der Waals surface area contributed by atoms with Gasteiger partial charge >= 0.3 is 0 Å². The fraction of sp³-hybridized carbons (Fsp3) is 0.120. The number of hydrogen-bond donors (Lipinski definition) is 3. The molecule has 0 fully saturated rings. The topological polar surface area (TPSA) is 124 Å². The smallest absolute Gasteiger partial charge is 0.258 e. The molecule has 0 aliphatic rings. The Hall–Kier alpha value is -4.66. The molecule has 9 heteroatoms. The minimum atomic E-state index is -0.311. The number of anilines is 2. The molecule has 0 atom stereocenters. The van der Waals surface area contributed by atoms with E-state index in [2.05, 4.69) is 20.6 Å². The number of aromatic nitrogens is 3. The molecule has 3 heterocycles. The normalized spacial score (nSPS) is 10.5. The van der Waals surface area contributed by atoms with Crippen molar-refractivity contribution in [3.05, 3.63) is 95.6 Å². The number of rotatable bonds is 7. The third-order valence-corrected chi connectivity index (χ3v) is 5.11. The molecule has 0 radical (unpaired) electrons. The summed E-state index contributed by atoms with van der Waals surface area (Å²) >= 11 is 0. The Balaban J connectivity index is 1.49. The van der Waals surface area contributed by atoms with E-state index in [1.165, 1.54) is 0 Å². The Morgan fingerprint density at radius 3 is 2.62 bits per heavy atom. The van der Waals surface area contributed by atoms with Crippen molar-refractivity contribution in [2.24, 2.45) is 7.05 Å². The molecule has 3 aromatic heterocycles. The molecule has 0 spiro atoms. The number of carbonyl (C=O) groups is 2. The second-order valence-electron chi connectivity index (χ2n) is 7.70. The number of nitrogens with zero attached hydrogens (tertiary/aromatic N) is 3. The maximum absolute atomic E-state index is 12.7. The number of amides is 2. The van der Waals surface area contributed by atoms with Crippen LogP contribution in [0.2, 0.25) is 0 Å². The molecule has 0 saturated heterocycles. The Bertz CT molecular complexity index is 1330. The average molecular weight is 457 g/mol. The van der Waals surface area contributed by atoms with Gasteiger partial charge in [0.2, 0.25) is 0 Å². The van der Waals surface area contributed by atoms with Gasteiger partial charge in [-0.3, -0.25) is 14.6 Å². The molecule has 4 N–H and O–H groups in total. The van der Waals surface area contributed by atoms with Crippen LogP contribution in [0.1, 0.15) is 31.8 Å². The van der Waals surface area contributed by atoms with Gasteiger partial charge in [-0.05, 0) is 42.8 Å². The van der Waals surface area contributed by atoms with E-state index in [0.717, 1.165) is 5.56 Å². The summed E-state index contributed by atoms with van der Waals surface area (Å²) in [6.07, 6.45) is 6.84. The van der Waals surface area contributed by atoms with E-state index in [0.29, 0.717) is 34.7 Å². The lowest BCUT2D eigenvalue weighted by atomic mass is 10.1. The fourth-order valence-corrected chi connectivity index (χ4v) is 3.35. The van der Waals surface area contributed by atoms with E-state index < -0.39 is 0 Å². The van der Waals surface area contributed by atoms with Crippen molar-refractivity contribution in [1.82, 2.24) is 19.9 Å².